The Kier molecular flexibility index (Phi) is 13.3. The van der Waals surface area contributed by atoms with Gasteiger partial charge in [0.05, 0.1) is 5.69 Å². The minimum atomic E-state index is -0.191. The SMILES string of the molecule is C=CC1=C(/C=C\C)C2=C(C=C(N(C3=CCC=CC=C3)c3ccccc3-c3ccc(C4=CCC=C(N(/C(C=C)=C/C=C\C)c5ccc(-c6ccccc6)cc5)C=C4)cc3)CC=C2)C1(C)C. The predicted molar refractivity (Wildman–Crippen MR) is 277 cm³/mol. The summed E-state index contributed by atoms with van der Waals surface area (Å²) in [6.45, 7) is 17.3. The first-order valence-electron chi connectivity index (χ1n) is 22.5. The van der Waals surface area contributed by atoms with Crippen LogP contribution in [0.2, 0.25) is 0 Å². The lowest BCUT2D eigenvalue weighted by Crippen LogP contribution is -2.23. The molecule has 0 radical (unpaired) electrons. The summed E-state index contributed by atoms with van der Waals surface area (Å²) in [5, 5.41) is 0. The van der Waals surface area contributed by atoms with Crippen LogP contribution in [0.25, 0.3) is 27.8 Å². The Bertz CT molecular complexity index is 2830. The molecule has 0 spiro atoms. The molecule has 0 unspecified atom stereocenters. The summed E-state index contributed by atoms with van der Waals surface area (Å²) in [5.41, 5.74) is 18.8. The van der Waals surface area contributed by atoms with E-state index in [4.69, 9.17) is 0 Å². The second kappa shape index (κ2) is 19.7. The molecule has 0 bridgehead atoms. The van der Waals surface area contributed by atoms with Gasteiger partial charge in [0.2, 0.25) is 0 Å². The minimum Gasteiger partial charge on any atom is -0.314 e. The Morgan fingerprint density at radius 2 is 1.38 bits per heavy atom. The van der Waals surface area contributed by atoms with Gasteiger partial charge in [-0.2, -0.15) is 0 Å². The lowest BCUT2D eigenvalue weighted by Gasteiger charge is -2.32. The van der Waals surface area contributed by atoms with E-state index in [0.717, 1.165) is 47.7 Å². The first-order chi connectivity index (χ1) is 31.4. The summed E-state index contributed by atoms with van der Waals surface area (Å²) in [7, 11) is 0. The standard InChI is InChI=1S/C62H58N2/c1-7-11-27-51(9-3)63(54-43-40-49(41-44-54)46-24-15-14-16-25-46)53-30-21-26-47(39-42-53)48-35-37-50(38-36-48)56-32-19-20-34-61(56)64(52-28-17-12-13-18-29-52)55-31-22-33-58-57(23-8-2)59(10-4)62(5,6)60(58)45-55/h7-17,19-20,22-30,32-45H,3-4,18,21,31H2,1-2,5-6H3/b11-7-,23-8-,51-27+. The van der Waals surface area contributed by atoms with Crippen LogP contribution in [0.1, 0.15) is 52.5 Å². The average molecular weight is 831 g/mol. The van der Waals surface area contributed by atoms with Gasteiger partial charge in [-0.15, -0.1) is 0 Å². The van der Waals surface area contributed by atoms with Crippen molar-refractivity contribution in [2.45, 2.75) is 47.0 Å². The summed E-state index contributed by atoms with van der Waals surface area (Å²) in [4.78, 5) is 4.77. The van der Waals surface area contributed by atoms with Gasteiger partial charge in [0.25, 0.3) is 0 Å². The van der Waals surface area contributed by atoms with Crippen LogP contribution in [0.15, 0.2) is 277 Å². The second-order valence-electron chi connectivity index (χ2n) is 16.7. The number of allylic oxidation sites excluding steroid dienone is 24. The van der Waals surface area contributed by atoms with Crippen molar-refractivity contribution in [3.05, 3.63) is 282 Å². The van der Waals surface area contributed by atoms with Crippen LogP contribution in [0, 0.1) is 5.41 Å². The molecule has 0 aromatic heterocycles. The second-order valence-corrected chi connectivity index (χ2v) is 16.7. The Hall–Kier alpha value is -7.42. The van der Waals surface area contributed by atoms with Gasteiger partial charge in [-0.25, -0.2) is 0 Å². The maximum atomic E-state index is 4.26. The topological polar surface area (TPSA) is 6.48 Å². The molecular formula is C62H58N2. The molecule has 4 aliphatic rings. The normalized spacial score (nSPS) is 17.1. The van der Waals surface area contributed by atoms with Crippen LogP contribution in [-0.4, -0.2) is 0 Å². The van der Waals surface area contributed by atoms with Gasteiger partial charge in [0.1, 0.15) is 0 Å². The third-order valence-electron chi connectivity index (χ3n) is 12.4. The maximum Gasteiger partial charge on any atom is 0.0536 e. The molecule has 4 aliphatic carbocycles. The van der Waals surface area contributed by atoms with E-state index in [-0.39, 0.29) is 5.41 Å². The van der Waals surface area contributed by atoms with Crippen LogP contribution in [0.5, 0.6) is 0 Å². The summed E-state index contributed by atoms with van der Waals surface area (Å²) in [5.74, 6) is 0. The van der Waals surface area contributed by atoms with Crippen molar-refractivity contribution < 1.29 is 0 Å². The van der Waals surface area contributed by atoms with Gasteiger partial charge in [-0.1, -0.05) is 197 Å². The highest BCUT2D eigenvalue weighted by Crippen LogP contribution is 2.51. The van der Waals surface area contributed by atoms with E-state index in [1.807, 2.05) is 25.2 Å². The predicted octanol–water partition coefficient (Wildman–Crippen LogP) is 16.8. The summed E-state index contributed by atoms with van der Waals surface area (Å²) >= 11 is 0. The van der Waals surface area contributed by atoms with E-state index < -0.39 is 0 Å². The van der Waals surface area contributed by atoms with Crippen molar-refractivity contribution in [2.75, 3.05) is 9.80 Å². The van der Waals surface area contributed by atoms with Crippen molar-refractivity contribution in [1.82, 2.24) is 0 Å². The molecule has 4 aromatic carbocycles. The molecule has 0 fully saturated rings. The summed E-state index contributed by atoms with van der Waals surface area (Å²) in [6, 6.07) is 37.3. The van der Waals surface area contributed by atoms with E-state index in [1.54, 1.807) is 0 Å². The molecule has 8 rings (SSSR count). The largest absolute Gasteiger partial charge is 0.314 e. The quantitative estimate of drug-likeness (QED) is 0.124. The lowest BCUT2D eigenvalue weighted by molar-refractivity contribution is 0.575. The highest BCUT2D eigenvalue weighted by atomic mass is 15.2. The Morgan fingerprint density at radius 1 is 0.656 bits per heavy atom. The van der Waals surface area contributed by atoms with Crippen LogP contribution < -0.4 is 9.80 Å². The molecule has 64 heavy (non-hydrogen) atoms. The number of rotatable bonds is 13. The summed E-state index contributed by atoms with van der Waals surface area (Å²) in [6.07, 6.45) is 44.3. The van der Waals surface area contributed by atoms with Crippen molar-refractivity contribution in [2.24, 2.45) is 5.41 Å². The van der Waals surface area contributed by atoms with E-state index in [2.05, 4.69) is 244 Å². The summed E-state index contributed by atoms with van der Waals surface area (Å²) < 4.78 is 0. The highest BCUT2D eigenvalue weighted by molar-refractivity contribution is 5.85. The number of nitrogens with zero attached hydrogens (tertiary/aromatic N) is 2. The zero-order valence-corrected chi connectivity index (χ0v) is 37.7. The van der Waals surface area contributed by atoms with Crippen LogP contribution in [0.4, 0.5) is 11.4 Å². The first-order valence-corrected chi connectivity index (χ1v) is 22.5. The van der Waals surface area contributed by atoms with E-state index in [0.29, 0.717) is 0 Å². The molecule has 0 amide bonds. The van der Waals surface area contributed by atoms with Gasteiger partial charge >= 0.3 is 0 Å². The first kappa shape index (κ1) is 43.2. The maximum absolute atomic E-state index is 4.26. The number of benzene rings is 4. The lowest BCUT2D eigenvalue weighted by atomic mass is 9.79. The molecular weight excluding hydrogens is 773 g/mol. The molecule has 2 nitrogen and oxygen atoms in total. The minimum absolute atomic E-state index is 0.191. The van der Waals surface area contributed by atoms with Gasteiger partial charge in [-0.05, 0) is 125 Å². The zero-order valence-electron chi connectivity index (χ0n) is 37.7. The Morgan fingerprint density at radius 3 is 2.12 bits per heavy atom. The molecule has 0 saturated heterocycles. The van der Waals surface area contributed by atoms with Crippen molar-refractivity contribution >= 4 is 16.9 Å². The van der Waals surface area contributed by atoms with Gasteiger partial charge in [-0.3, -0.25) is 0 Å². The fourth-order valence-electron chi connectivity index (χ4n) is 9.19. The van der Waals surface area contributed by atoms with Gasteiger partial charge < -0.3 is 9.80 Å². The number of anilines is 2. The molecule has 0 saturated carbocycles. The van der Waals surface area contributed by atoms with Crippen LogP contribution in [0.3, 0.4) is 0 Å². The van der Waals surface area contributed by atoms with Gasteiger partial charge in [0, 0.05) is 45.9 Å². The highest BCUT2D eigenvalue weighted by Gasteiger charge is 2.37. The zero-order chi connectivity index (χ0) is 44.5. The smallest absolute Gasteiger partial charge is 0.0536 e. The van der Waals surface area contributed by atoms with E-state index in [1.165, 1.54) is 61.4 Å². The van der Waals surface area contributed by atoms with Crippen molar-refractivity contribution in [3.8, 4) is 22.3 Å². The van der Waals surface area contributed by atoms with Crippen molar-refractivity contribution in [1.29, 1.82) is 0 Å². The van der Waals surface area contributed by atoms with Crippen LogP contribution >= 0.6 is 0 Å². The molecule has 0 aliphatic heterocycles. The number of para-hydroxylation sites is 1. The number of hydrogen-bond donors (Lipinski definition) is 0. The molecule has 0 atom stereocenters. The van der Waals surface area contributed by atoms with E-state index >= 15 is 0 Å². The molecule has 316 valence electrons. The Labute approximate surface area is 382 Å². The fraction of sp³-hybridized carbons (Fsp3) is 0.129. The Balaban J connectivity index is 1.11. The van der Waals surface area contributed by atoms with Crippen LogP contribution in [-0.2, 0) is 0 Å². The molecule has 2 heteroatoms. The van der Waals surface area contributed by atoms with Gasteiger partial charge in [0.15, 0.2) is 0 Å². The van der Waals surface area contributed by atoms with Crippen molar-refractivity contribution in [3.63, 3.8) is 0 Å². The molecule has 0 N–H and O–H groups in total. The average Bonchev–Trinajstić information content (AvgIpc) is 3.76. The molecule has 4 aromatic rings. The molecule has 0 heterocycles. The third kappa shape index (κ3) is 8.91. The fourth-order valence-corrected chi connectivity index (χ4v) is 9.19. The monoisotopic (exact) mass is 830 g/mol. The number of hydrogen-bond acceptors (Lipinski definition) is 2. The van der Waals surface area contributed by atoms with E-state index in [9.17, 15) is 0 Å². The third-order valence-corrected chi connectivity index (χ3v) is 12.4.